The number of morpholine rings is 1. The standard InChI is InChI=1S/C10H11BrINO2S/c11-4-8-5-15-2-1-13(8)10(14)7-3-9(12)16-6-7/h3,6,8H,1-2,4-5H2. The van der Waals surface area contributed by atoms with Crippen LogP contribution >= 0.6 is 49.9 Å². The molecule has 16 heavy (non-hydrogen) atoms. The molecular weight excluding hydrogens is 405 g/mol. The zero-order valence-electron chi connectivity index (χ0n) is 8.49. The van der Waals surface area contributed by atoms with Crippen LogP contribution in [-0.4, -0.2) is 41.9 Å². The molecule has 1 aromatic rings. The predicted octanol–water partition coefficient (Wildman–Crippen LogP) is 2.59. The topological polar surface area (TPSA) is 29.5 Å². The van der Waals surface area contributed by atoms with Gasteiger partial charge in [0.15, 0.2) is 0 Å². The zero-order chi connectivity index (χ0) is 11.5. The number of nitrogens with zero attached hydrogens (tertiary/aromatic N) is 1. The number of carbonyl (C=O) groups excluding carboxylic acids is 1. The van der Waals surface area contributed by atoms with Crippen LogP contribution in [-0.2, 0) is 4.74 Å². The van der Waals surface area contributed by atoms with Gasteiger partial charge >= 0.3 is 0 Å². The fourth-order valence-electron chi connectivity index (χ4n) is 1.64. The molecule has 0 saturated carbocycles. The van der Waals surface area contributed by atoms with Crippen LogP contribution in [0.3, 0.4) is 0 Å². The fourth-order valence-corrected chi connectivity index (χ4v) is 3.49. The average molecular weight is 416 g/mol. The van der Waals surface area contributed by atoms with Crippen molar-refractivity contribution in [3.05, 3.63) is 19.9 Å². The third-order valence-corrected chi connectivity index (χ3v) is 5.02. The van der Waals surface area contributed by atoms with E-state index in [-0.39, 0.29) is 11.9 Å². The number of ether oxygens (including phenoxy) is 1. The smallest absolute Gasteiger partial charge is 0.255 e. The molecule has 1 atom stereocenters. The van der Waals surface area contributed by atoms with Crippen LogP contribution in [0.2, 0.25) is 0 Å². The Morgan fingerprint density at radius 1 is 1.75 bits per heavy atom. The lowest BCUT2D eigenvalue weighted by Gasteiger charge is -2.34. The molecule has 1 aliphatic heterocycles. The quantitative estimate of drug-likeness (QED) is 0.548. The van der Waals surface area contributed by atoms with Gasteiger partial charge in [-0.2, -0.15) is 0 Å². The molecule has 1 fully saturated rings. The van der Waals surface area contributed by atoms with Crippen molar-refractivity contribution >= 4 is 55.8 Å². The van der Waals surface area contributed by atoms with E-state index in [2.05, 4.69) is 38.5 Å². The van der Waals surface area contributed by atoms with Gasteiger partial charge in [-0.05, 0) is 28.7 Å². The van der Waals surface area contributed by atoms with Gasteiger partial charge in [0.1, 0.15) is 0 Å². The number of rotatable bonds is 2. The summed E-state index contributed by atoms with van der Waals surface area (Å²) in [5.41, 5.74) is 0.794. The van der Waals surface area contributed by atoms with Gasteiger partial charge in [-0.15, -0.1) is 11.3 Å². The molecule has 88 valence electrons. The van der Waals surface area contributed by atoms with E-state index < -0.39 is 0 Å². The summed E-state index contributed by atoms with van der Waals surface area (Å²) in [6.07, 6.45) is 0. The van der Waals surface area contributed by atoms with Gasteiger partial charge < -0.3 is 9.64 Å². The third-order valence-electron chi connectivity index (χ3n) is 2.48. The maximum Gasteiger partial charge on any atom is 0.255 e. The maximum absolute atomic E-state index is 12.2. The first-order valence-corrected chi connectivity index (χ1v) is 7.99. The molecule has 0 radical (unpaired) electrons. The Morgan fingerprint density at radius 2 is 2.56 bits per heavy atom. The molecule has 1 aromatic heterocycles. The number of halogens is 2. The molecule has 2 rings (SSSR count). The Balaban J connectivity index is 2.13. The van der Waals surface area contributed by atoms with Gasteiger partial charge in [0, 0.05) is 17.3 Å². The highest BCUT2D eigenvalue weighted by molar-refractivity contribution is 14.1. The second-order valence-corrected chi connectivity index (χ2v) is 6.97. The highest BCUT2D eigenvalue weighted by Gasteiger charge is 2.27. The summed E-state index contributed by atoms with van der Waals surface area (Å²) >= 11 is 7.26. The monoisotopic (exact) mass is 415 g/mol. The first kappa shape index (κ1) is 12.8. The normalized spacial score (nSPS) is 21.1. The van der Waals surface area contributed by atoms with E-state index in [4.69, 9.17) is 4.74 Å². The first-order valence-electron chi connectivity index (χ1n) is 4.91. The molecule has 0 aliphatic carbocycles. The van der Waals surface area contributed by atoms with Crippen molar-refractivity contribution in [1.82, 2.24) is 4.90 Å². The van der Waals surface area contributed by atoms with E-state index in [9.17, 15) is 4.79 Å². The van der Waals surface area contributed by atoms with Crippen LogP contribution in [0.25, 0.3) is 0 Å². The fraction of sp³-hybridized carbons (Fsp3) is 0.500. The first-order chi connectivity index (χ1) is 7.72. The second kappa shape index (κ2) is 5.79. The van der Waals surface area contributed by atoms with Crippen molar-refractivity contribution in [2.45, 2.75) is 6.04 Å². The molecule has 0 bridgehead atoms. The van der Waals surface area contributed by atoms with Crippen molar-refractivity contribution in [2.75, 3.05) is 25.1 Å². The molecule has 1 unspecified atom stereocenters. The van der Waals surface area contributed by atoms with Crippen LogP contribution in [0.1, 0.15) is 10.4 Å². The zero-order valence-corrected chi connectivity index (χ0v) is 13.0. The largest absolute Gasteiger partial charge is 0.377 e. The molecule has 0 aromatic carbocycles. The summed E-state index contributed by atoms with van der Waals surface area (Å²) in [6.45, 7) is 1.94. The Hall–Kier alpha value is 0.340. The number of carbonyl (C=O) groups is 1. The van der Waals surface area contributed by atoms with Gasteiger partial charge in [-0.1, -0.05) is 15.9 Å². The highest BCUT2D eigenvalue weighted by atomic mass is 127. The van der Waals surface area contributed by atoms with E-state index in [0.29, 0.717) is 19.8 Å². The summed E-state index contributed by atoms with van der Waals surface area (Å²) in [7, 11) is 0. The molecule has 0 N–H and O–H groups in total. The second-order valence-electron chi connectivity index (χ2n) is 3.52. The van der Waals surface area contributed by atoms with Crippen LogP contribution in [0.5, 0.6) is 0 Å². The Labute approximate surface area is 120 Å². The van der Waals surface area contributed by atoms with Gasteiger partial charge in [0.05, 0.1) is 27.7 Å². The summed E-state index contributed by atoms with van der Waals surface area (Å²) in [5.74, 6) is 0.118. The minimum absolute atomic E-state index is 0.118. The predicted molar refractivity (Wildman–Crippen MR) is 76.5 cm³/mol. The number of hydrogen-bond donors (Lipinski definition) is 0. The number of thiophene rings is 1. The Morgan fingerprint density at radius 3 is 3.19 bits per heavy atom. The minimum atomic E-state index is 0.118. The lowest BCUT2D eigenvalue weighted by Crippen LogP contribution is -2.49. The molecule has 1 saturated heterocycles. The molecule has 0 spiro atoms. The van der Waals surface area contributed by atoms with E-state index in [1.807, 2.05) is 16.3 Å². The van der Waals surface area contributed by atoms with Gasteiger partial charge in [-0.3, -0.25) is 4.79 Å². The van der Waals surface area contributed by atoms with Gasteiger partial charge in [0.25, 0.3) is 5.91 Å². The van der Waals surface area contributed by atoms with Crippen molar-refractivity contribution < 1.29 is 9.53 Å². The molecule has 3 nitrogen and oxygen atoms in total. The molecule has 1 aliphatic rings. The Kier molecular flexibility index (Phi) is 4.63. The van der Waals surface area contributed by atoms with Crippen molar-refractivity contribution in [3.8, 4) is 0 Å². The minimum Gasteiger partial charge on any atom is -0.377 e. The van der Waals surface area contributed by atoms with Crippen molar-refractivity contribution in [1.29, 1.82) is 0 Å². The molecule has 2 heterocycles. The number of amides is 1. The summed E-state index contributed by atoms with van der Waals surface area (Å²) in [4.78, 5) is 14.1. The summed E-state index contributed by atoms with van der Waals surface area (Å²) < 4.78 is 6.51. The molecular formula is C10H11BrINO2S. The average Bonchev–Trinajstić information content (AvgIpc) is 2.75. The summed E-state index contributed by atoms with van der Waals surface area (Å²) in [6, 6.07) is 2.09. The van der Waals surface area contributed by atoms with E-state index >= 15 is 0 Å². The van der Waals surface area contributed by atoms with Crippen molar-refractivity contribution in [3.63, 3.8) is 0 Å². The Bertz CT molecular complexity index is 385. The van der Waals surface area contributed by atoms with Crippen LogP contribution in [0.4, 0.5) is 0 Å². The maximum atomic E-state index is 12.2. The van der Waals surface area contributed by atoms with Crippen LogP contribution in [0, 0.1) is 2.88 Å². The number of alkyl halides is 1. The van der Waals surface area contributed by atoms with Crippen LogP contribution < -0.4 is 0 Å². The molecule has 1 amide bonds. The van der Waals surface area contributed by atoms with Crippen molar-refractivity contribution in [2.24, 2.45) is 0 Å². The van der Waals surface area contributed by atoms with E-state index in [1.54, 1.807) is 11.3 Å². The van der Waals surface area contributed by atoms with Crippen LogP contribution in [0.15, 0.2) is 11.4 Å². The number of hydrogen-bond acceptors (Lipinski definition) is 3. The van der Waals surface area contributed by atoms with E-state index in [1.165, 1.54) is 0 Å². The molecule has 6 heteroatoms. The highest BCUT2D eigenvalue weighted by Crippen LogP contribution is 2.20. The SMILES string of the molecule is O=C(c1csc(I)c1)N1CCOCC1CBr. The third kappa shape index (κ3) is 2.77. The lowest BCUT2D eigenvalue weighted by atomic mass is 10.2. The van der Waals surface area contributed by atoms with E-state index in [0.717, 1.165) is 13.8 Å². The van der Waals surface area contributed by atoms with Gasteiger partial charge in [0.2, 0.25) is 0 Å². The summed E-state index contributed by atoms with van der Waals surface area (Å²) in [5, 5.41) is 2.69. The van der Waals surface area contributed by atoms with Gasteiger partial charge in [-0.25, -0.2) is 0 Å². The lowest BCUT2D eigenvalue weighted by molar-refractivity contribution is 0.00528.